The number of benzene rings is 1. The summed E-state index contributed by atoms with van der Waals surface area (Å²) in [7, 11) is 0. The normalized spacial score (nSPS) is 10.4. The molecule has 0 radical (unpaired) electrons. The number of alkyl halides is 2. The summed E-state index contributed by atoms with van der Waals surface area (Å²) in [6, 6.07) is 5.00. The molecule has 0 atom stereocenters. The lowest BCUT2D eigenvalue weighted by Gasteiger charge is -2.06. The number of carbonyl (C=O) groups excluding carboxylic acids is 1. The van der Waals surface area contributed by atoms with Crippen LogP contribution >= 0.6 is 50.7 Å². The fourth-order valence-corrected chi connectivity index (χ4v) is 1.79. The van der Waals surface area contributed by atoms with Crippen molar-refractivity contribution in [2.24, 2.45) is 0 Å². The van der Waals surface area contributed by atoms with Crippen molar-refractivity contribution < 1.29 is 4.79 Å². The van der Waals surface area contributed by atoms with Gasteiger partial charge in [0.15, 0.2) is 4.84 Å². The van der Waals surface area contributed by atoms with E-state index >= 15 is 0 Å². The Labute approximate surface area is 105 Å². The second-order valence-electron chi connectivity index (χ2n) is 2.45. The van der Waals surface area contributed by atoms with Gasteiger partial charge in [0, 0.05) is 15.2 Å². The zero-order valence-corrected chi connectivity index (χ0v) is 10.6. The number of nitrogens with one attached hydrogen (secondary N) is 1. The average molecular weight is 317 g/mol. The van der Waals surface area contributed by atoms with E-state index in [0.717, 1.165) is 4.47 Å². The maximum atomic E-state index is 11.1. The Morgan fingerprint density at radius 3 is 2.50 bits per heavy atom. The van der Waals surface area contributed by atoms with Crippen LogP contribution in [0.3, 0.4) is 0 Å². The van der Waals surface area contributed by atoms with Crippen LogP contribution in [0.15, 0.2) is 22.7 Å². The summed E-state index contributed by atoms with van der Waals surface area (Å²) in [6.07, 6.45) is 0. The smallest absolute Gasteiger partial charge is 0.257 e. The third-order valence-corrected chi connectivity index (χ3v) is 2.40. The first-order chi connectivity index (χ1) is 6.49. The molecule has 2 nitrogen and oxygen atoms in total. The Hall–Kier alpha value is 0.0400. The van der Waals surface area contributed by atoms with E-state index in [1.54, 1.807) is 18.2 Å². The maximum absolute atomic E-state index is 11.1. The van der Waals surface area contributed by atoms with Crippen molar-refractivity contribution in [1.82, 2.24) is 0 Å². The molecule has 1 aromatic carbocycles. The molecule has 0 unspecified atom stereocenters. The van der Waals surface area contributed by atoms with Gasteiger partial charge in [0.25, 0.3) is 5.91 Å². The first kappa shape index (κ1) is 12.1. The van der Waals surface area contributed by atoms with Crippen LogP contribution in [-0.4, -0.2) is 10.7 Å². The van der Waals surface area contributed by atoms with Crippen LogP contribution in [0.2, 0.25) is 5.02 Å². The Morgan fingerprint density at radius 1 is 1.36 bits per heavy atom. The van der Waals surface area contributed by atoms with E-state index in [2.05, 4.69) is 21.2 Å². The van der Waals surface area contributed by atoms with Crippen LogP contribution in [-0.2, 0) is 4.79 Å². The average Bonchev–Trinajstić information content (AvgIpc) is 2.01. The highest BCUT2D eigenvalue weighted by atomic mass is 79.9. The fraction of sp³-hybridized carbons (Fsp3) is 0.125. The monoisotopic (exact) mass is 315 g/mol. The molecule has 0 spiro atoms. The van der Waals surface area contributed by atoms with Gasteiger partial charge in [-0.15, -0.1) is 0 Å². The van der Waals surface area contributed by atoms with Gasteiger partial charge < -0.3 is 5.32 Å². The zero-order chi connectivity index (χ0) is 10.7. The van der Waals surface area contributed by atoms with E-state index in [9.17, 15) is 4.79 Å². The number of hydrogen-bond acceptors (Lipinski definition) is 1. The van der Waals surface area contributed by atoms with E-state index in [1.165, 1.54) is 0 Å². The Bertz CT molecular complexity index is 336. The quantitative estimate of drug-likeness (QED) is 0.825. The van der Waals surface area contributed by atoms with Gasteiger partial charge in [-0.25, -0.2) is 0 Å². The summed E-state index contributed by atoms with van der Waals surface area (Å²) < 4.78 is 0.765. The standard InChI is InChI=1S/C8H5BrCl3NO/c9-4-1-5(10)3-6(2-4)13-8(14)7(11)12/h1-3,7H,(H,13,14). The molecule has 76 valence electrons. The minimum absolute atomic E-state index is 0.484. The molecule has 0 aliphatic carbocycles. The van der Waals surface area contributed by atoms with Crippen molar-refractivity contribution in [2.45, 2.75) is 4.84 Å². The van der Waals surface area contributed by atoms with Crippen molar-refractivity contribution in [1.29, 1.82) is 0 Å². The van der Waals surface area contributed by atoms with Crippen molar-refractivity contribution in [3.8, 4) is 0 Å². The van der Waals surface area contributed by atoms with Gasteiger partial charge in [-0.05, 0) is 18.2 Å². The van der Waals surface area contributed by atoms with Crippen LogP contribution in [0.5, 0.6) is 0 Å². The summed E-state index contributed by atoms with van der Waals surface area (Å²) in [5.41, 5.74) is 0.542. The summed E-state index contributed by atoms with van der Waals surface area (Å²) in [5.74, 6) is -0.484. The molecular formula is C8H5BrCl3NO. The highest BCUT2D eigenvalue weighted by Gasteiger charge is 2.11. The lowest BCUT2D eigenvalue weighted by Crippen LogP contribution is -2.18. The van der Waals surface area contributed by atoms with Gasteiger partial charge in [-0.3, -0.25) is 4.79 Å². The van der Waals surface area contributed by atoms with Gasteiger partial charge >= 0.3 is 0 Å². The molecule has 0 saturated heterocycles. The van der Waals surface area contributed by atoms with Crippen LogP contribution in [0.4, 0.5) is 5.69 Å². The summed E-state index contributed by atoms with van der Waals surface area (Å²) >= 11 is 19.7. The maximum Gasteiger partial charge on any atom is 0.257 e. The van der Waals surface area contributed by atoms with Gasteiger partial charge in [0.1, 0.15) is 0 Å². The number of hydrogen-bond donors (Lipinski definition) is 1. The molecular weight excluding hydrogens is 312 g/mol. The van der Waals surface area contributed by atoms with E-state index in [1.807, 2.05) is 0 Å². The highest BCUT2D eigenvalue weighted by molar-refractivity contribution is 9.10. The molecule has 0 aromatic heterocycles. The number of amides is 1. The van der Waals surface area contributed by atoms with E-state index in [-0.39, 0.29) is 0 Å². The molecule has 1 aromatic rings. The molecule has 1 N–H and O–H groups in total. The first-order valence-corrected chi connectivity index (χ1v) is 5.58. The topological polar surface area (TPSA) is 29.1 Å². The predicted molar refractivity (Wildman–Crippen MR) is 63.3 cm³/mol. The SMILES string of the molecule is O=C(Nc1cc(Cl)cc(Br)c1)C(Cl)Cl. The molecule has 0 saturated carbocycles. The molecule has 0 fully saturated rings. The predicted octanol–water partition coefficient (Wildman–Crippen LogP) is 3.84. The summed E-state index contributed by atoms with van der Waals surface area (Å²) in [5, 5.41) is 3.02. The minimum atomic E-state index is -1.09. The number of rotatable bonds is 2. The largest absolute Gasteiger partial charge is 0.324 e. The Balaban J connectivity index is 2.82. The van der Waals surface area contributed by atoms with Crippen LogP contribution in [0.25, 0.3) is 0 Å². The van der Waals surface area contributed by atoms with Crippen molar-refractivity contribution in [3.05, 3.63) is 27.7 Å². The molecule has 1 rings (SSSR count). The second-order valence-corrected chi connectivity index (χ2v) is 4.90. The summed E-state index contributed by atoms with van der Waals surface area (Å²) in [6.45, 7) is 0. The van der Waals surface area contributed by atoms with Gasteiger partial charge in [-0.1, -0.05) is 50.7 Å². The van der Waals surface area contributed by atoms with Crippen LogP contribution < -0.4 is 5.32 Å². The lowest BCUT2D eigenvalue weighted by atomic mass is 10.3. The zero-order valence-electron chi connectivity index (χ0n) is 6.73. The summed E-state index contributed by atoms with van der Waals surface area (Å²) in [4.78, 5) is 10.0. The van der Waals surface area contributed by atoms with E-state index in [4.69, 9.17) is 34.8 Å². The molecule has 1 amide bonds. The Morgan fingerprint density at radius 2 is 2.00 bits per heavy atom. The fourth-order valence-electron chi connectivity index (χ4n) is 0.823. The molecule has 6 heteroatoms. The lowest BCUT2D eigenvalue weighted by molar-refractivity contribution is -0.114. The van der Waals surface area contributed by atoms with Crippen molar-refractivity contribution >= 4 is 62.3 Å². The molecule has 14 heavy (non-hydrogen) atoms. The van der Waals surface area contributed by atoms with E-state index < -0.39 is 10.7 Å². The third kappa shape index (κ3) is 3.65. The van der Waals surface area contributed by atoms with Crippen molar-refractivity contribution in [2.75, 3.05) is 5.32 Å². The first-order valence-electron chi connectivity index (χ1n) is 3.54. The van der Waals surface area contributed by atoms with Gasteiger partial charge in [-0.2, -0.15) is 0 Å². The number of anilines is 1. The van der Waals surface area contributed by atoms with Gasteiger partial charge in [0.05, 0.1) is 0 Å². The van der Waals surface area contributed by atoms with Crippen molar-refractivity contribution in [3.63, 3.8) is 0 Å². The second kappa shape index (κ2) is 5.21. The molecule has 0 aliphatic rings. The van der Waals surface area contributed by atoms with Crippen LogP contribution in [0.1, 0.15) is 0 Å². The molecule has 0 heterocycles. The van der Waals surface area contributed by atoms with Gasteiger partial charge in [0.2, 0.25) is 0 Å². The highest BCUT2D eigenvalue weighted by Crippen LogP contribution is 2.23. The number of halogens is 4. The third-order valence-electron chi connectivity index (χ3n) is 1.33. The van der Waals surface area contributed by atoms with E-state index in [0.29, 0.717) is 10.7 Å². The molecule has 0 aliphatic heterocycles. The Kier molecular flexibility index (Phi) is 4.51. The number of carbonyl (C=O) groups is 1. The minimum Gasteiger partial charge on any atom is -0.324 e. The molecule has 0 bridgehead atoms. The van der Waals surface area contributed by atoms with Crippen LogP contribution in [0, 0.1) is 0 Å².